The van der Waals surface area contributed by atoms with Crippen LogP contribution in [0, 0.1) is 20.8 Å². The first-order valence-electron chi connectivity index (χ1n) is 36.3. The number of nitrogens with zero attached hydrogens (tertiary/aromatic N) is 16. The predicted molar refractivity (Wildman–Crippen MR) is 470 cm³/mol. The van der Waals surface area contributed by atoms with Crippen molar-refractivity contribution in [3.8, 4) is 0 Å². The van der Waals surface area contributed by atoms with Crippen LogP contribution in [0.1, 0.15) is 176 Å². The fourth-order valence-electron chi connectivity index (χ4n) is 11.1. The van der Waals surface area contributed by atoms with Gasteiger partial charge in [-0.1, -0.05) is 58.2 Å². The zero-order chi connectivity index (χ0) is 87.3. The van der Waals surface area contributed by atoms with Gasteiger partial charge in [-0.3, -0.25) is 43.7 Å². The summed E-state index contributed by atoms with van der Waals surface area (Å²) >= 11 is 16.5. The fraction of sp³-hybridized carbons (Fsp3) is 0.414. The Labute approximate surface area is 739 Å². The van der Waals surface area contributed by atoms with E-state index in [1.54, 1.807) is 53.1 Å². The minimum absolute atomic E-state index is 0.0321. The van der Waals surface area contributed by atoms with Crippen molar-refractivity contribution in [3.63, 3.8) is 0 Å². The highest BCUT2D eigenvalue weighted by atomic mass is 32.1. The summed E-state index contributed by atoms with van der Waals surface area (Å²) in [4.78, 5) is 136. The second kappa shape index (κ2) is 46.5. The number of nitrogens with one attached hydrogen (secondary N) is 5. The maximum Gasteiger partial charge on any atom is 0.413 e. The van der Waals surface area contributed by atoms with Crippen molar-refractivity contribution in [2.45, 2.75) is 174 Å². The Bertz CT molecular complexity index is 5210. The summed E-state index contributed by atoms with van der Waals surface area (Å²) in [6.45, 7) is 11.0. The van der Waals surface area contributed by atoms with Gasteiger partial charge in [0.15, 0.2) is 25.7 Å². The van der Waals surface area contributed by atoms with Crippen LogP contribution in [0.25, 0.3) is 0 Å². The van der Waals surface area contributed by atoms with Crippen molar-refractivity contribution in [1.82, 2.24) is 80.7 Å². The molecule has 14 rings (SSSR count). The molecule has 0 saturated heterocycles. The predicted octanol–water partition coefficient (Wildman–Crippen LogP) is 12.1. The van der Waals surface area contributed by atoms with Crippen LogP contribution >= 0.6 is 136 Å². The molecule has 5 amide bonds. The lowest BCUT2D eigenvalue weighted by molar-refractivity contribution is -0.140. The average Bonchev–Trinajstić information content (AvgIpc) is 1.68. The minimum Gasteiger partial charge on any atom is -0.481 e. The number of carbonyl (C=O) groups is 9. The highest BCUT2D eigenvalue weighted by Gasteiger charge is 2.32. The van der Waals surface area contributed by atoms with Gasteiger partial charge in [0, 0.05) is 66.7 Å². The number of aliphatic carboxylic acids is 2. The van der Waals surface area contributed by atoms with E-state index in [-0.39, 0.29) is 111 Å². The van der Waals surface area contributed by atoms with Gasteiger partial charge in [0.05, 0.1) is 126 Å². The monoisotopic (exact) mass is 1880 g/mol. The van der Waals surface area contributed by atoms with E-state index >= 15 is 0 Å². The molecule has 0 aromatic carbocycles. The fourth-order valence-corrected chi connectivity index (χ4v) is 19.5. The van der Waals surface area contributed by atoms with E-state index in [4.69, 9.17) is 37.9 Å². The number of rotatable bonds is 25. The molecule has 4 atom stereocenters. The normalized spacial score (nSPS) is 14.6. The Morgan fingerprint density at radius 3 is 0.901 bits per heavy atom. The Balaban J connectivity index is 0.000000187. The molecule has 15 N–H and O–H groups in total. The number of methoxy groups -OCH3 is 2. The molecular weight excluding hydrogens is 1800 g/mol. The number of aromatic nitrogens is 16. The molecule has 644 valence electrons. The highest BCUT2D eigenvalue weighted by molar-refractivity contribution is 7.17. The largest absolute Gasteiger partial charge is 0.481 e. The third kappa shape index (κ3) is 33.5. The first kappa shape index (κ1) is 94.4. The number of ether oxygens (including phenoxy) is 3. The van der Waals surface area contributed by atoms with Crippen molar-refractivity contribution in [3.05, 3.63) is 124 Å². The van der Waals surface area contributed by atoms with Gasteiger partial charge in [-0.2, -0.15) is 0 Å². The van der Waals surface area contributed by atoms with E-state index in [2.05, 4.69) is 117 Å². The number of amides is 5. The van der Waals surface area contributed by atoms with E-state index < -0.39 is 23.6 Å². The summed E-state index contributed by atoms with van der Waals surface area (Å²) in [6, 6.07) is 0. The molecular formula is C70H83N25O14S12. The molecule has 0 aliphatic heterocycles. The molecule has 0 unspecified atom stereocenters. The summed E-state index contributed by atoms with van der Waals surface area (Å²) in [5, 5.41) is 89.1. The number of carbonyl (C=O) groups excluding carboxylic acids is 7. The number of carboxylic acid groups (broad SMARTS) is 2. The number of hydrogen-bond acceptors (Lipinski definition) is 44. The Morgan fingerprint density at radius 2 is 0.628 bits per heavy atom. The van der Waals surface area contributed by atoms with Gasteiger partial charge in [0.2, 0.25) is 44.2 Å². The lowest BCUT2D eigenvalue weighted by atomic mass is 9.82. The number of nitrogen functional groups attached to an aromatic ring is 4. The molecule has 12 aromatic rings. The summed E-state index contributed by atoms with van der Waals surface area (Å²) in [6.07, 6.45) is 8.07. The van der Waals surface area contributed by atoms with Crippen LogP contribution in [-0.4, -0.2) is 164 Å². The van der Waals surface area contributed by atoms with Crippen molar-refractivity contribution in [2.24, 2.45) is 0 Å². The van der Waals surface area contributed by atoms with E-state index in [9.17, 15) is 43.2 Å². The first-order chi connectivity index (χ1) is 57.7. The number of hydrogen-bond donors (Lipinski definition) is 11. The lowest BCUT2D eigenvalue weighted by Gasteiger charge is -2.25. The van der Waals surface area contributed by atoms with Gasteiger partial charge in [0.1, 0.15) is 25.6 Å². The molecule has 51 heteroatoms. The molecule has 0 bridgehead atoms. The topological polar surface area (TPSA) is 592 Å². The second-order valence-electron chi connectivity index (χ2n) is 27.0. The zero-order valence-electron chi connectivity index (χ0n) is 65.9. The summed E-state index contributed by atoms with van der Waals surface area (Å²) < 4.78 is 14.2. The van der Waals surface area contributed by atoms with Crippen LogP contribution < -0.4 is 49.5 Å². The molecule has 39 nitrogen and oxygen atoms in total. The molecule has 2 aliphatic carbocycles. The van der Waals surface area contributed by atoms with Crippen molar-refractivity contribution in [2.75, 3.05) is 63.7 Å². The lowest BCUT2D eigenvalue weighted by Crippen LogP contribution is -2.27. The van der Waals surface area contributed by atoms with E-state index in [0.29, 0.717) is 80.3 Å². The number of carboxylic acids is 2. The maximum absolute atomic E-state index is 12.6. The standard InChI is InChI=1S/C26H31N9O4S4.C20H22N10O2S4.C7H9NO2S.C6H8N2O2S.C6H7NO2S.C5H6N2O2S/c1-13-27-16(11-40-13)9-18(36)29-23-34-32-20(42-23)14-6-5-7-15(8-14)21-33-35-24(43-21)30-19(37)10-17-12-41-22(28-17)31-25(38)39-26(2,3)4;21-17-23-11(7-33-17)5-13(31)25-19-29-27-15(35-19)9-2-1-3-10(4-9)16-28-30-20(36-16)26-14(32)6-12-8-34-18(22)24-12;1-5-8-6(4-11-5)3-7(9)10-2;1-10-5(9)2-4-3-11-6(7)8-4;1-4-7-5(3-10-4)2-6(8)9;6-5-7-3(2-10-5)1-4(8)9/h11-12,14-15H,5-10H2,1-4H3,(H,28,31,38)(H,29,34,36)(H,30,35,37);7-10H,1-6H2,(H2,21,23)(H2,22,24)(H,25,29,31)(H,26,30,32);4H,3H2,1-2H3;3H,2H2,1H3,(H2,7,8);3H,2H2,1H3,(H,8,9);2H,1H2,(H2,6,7)(H,8,9)/t14-,15-;9-,10-;;;;/m00..../s1. The highest BCUT2D eigenvalue weighted by Crippen LogP contribution is 2.45. The second-order valence-corrected chi connectivity index (χ2v) is 38.6. The van der Waals surface area contributed by atoms with Gasteiger partial charge in [-0.05, 0) is 80.1 Å². The van der Waals surface area contributed by atoms with Crippen LogP contribution in [0.5, 0.6) is 0 Å². The summed E-state index contributed by atoms with van der Waals surface area (Å²) in [5.41, 5.74) is 26.4. The van der Waals surface area contributed by atoms with Gasteiger partial charge < -0.3 is 68.6 Å². The van der Waals surface area contributed by atoms with Crippen LogP contribution in [0.3, 0.4) is 0 Å². The summed E-state index contributed by atoms with van der Waals surface area (Å²) in [7, 11) is 2.72. The van der Waals surface area contributed by atoms with Gasteiger partial charge in [-0.25, -0.2) is 44.7 Å². The number of esters is 2. The minimum atomic E-state index is -0.884. The molecule has 2 fully saturated rings. The first-order valence-corrected chi connectivity index (χ1v) is 46.6. The zero-order valence-corrected chi connectivity index (χ0v) is 75.7. The third-order valence-corrected chi connectivity index (χ3v) is 26.2. The molecule has 0 radical (unpaired) electrons. The number of aryl methyl sites for hydroxylation is 3. The van der Waals surface area contributed by atoms with Gasteiger partial charge in [-0.15, -0.1) is 131 Å². The van der Waals surface area contributed by atoms with E-state index in [0.717, 1.165) is 97.8 Å². The SMILES string of the molecule is COC(=O)Cc1csc(C)n1.COC(=O)Cc1csc(N)n1.Cc1nc(CC(=O)Nc2nnc([C@H]3CCC[C@H](c4nnc(NC(=O)Cc5csc(NC(=O)OC(C)(C)C)n5)s4)C3)s2)cs1.Cc1nc(CC(=O)O)cs1.Nc1nc(CC(=O)Nc2nnc([C@H]3CCC[C@H](c4nnc(NC(=O)Cc5csc(N)n5)s4)C3)s2)cs1.Nc1nc(CC(=O)O)cs1. The van der Waals surface area contributed by atoms with Crippen LogP contribution in [0.15, 0.2) is 43.0 Å². The number of thiazole rings is 8. The quantitative estimate of drug-likeness (QED) is 0.0187. The third-order valence-electron chi connectivity index (χ3n) is 16.1. The van der Waals surface area contributed by atoms with Crippen molar-refractivity contribution < 1.29 is 67.6 Å². The van der Waals surface area contributed by atoms with Crippen LogP contribution in [0.4, 0.5) is 51.0 Å². The van der Waals surface area contributed by atoms with Gasteiger partial charge >= 0.3 is 30.0 Å². The molecule has 2 aliphatic rings. The average molecular weight is 1880 g/mol. The van der Waals surface area contributed by atoms with Crippen LogP contribution in [-0.2, 0) is 104 Å². The Hall–Kier alpha value is -10.5. The molecule has 2 saturated carbocycles. The maximum atomic E-state index is 12.6. The Morgan fingerprint density at radius 1 is 0.364 bits per heavy atom. The molecule has 0 spiro atoms. The molecule has 12 heterocycles. The van der Waals surface area contributed by atoms with E-state index in [1.165, 1.54) is 150 Å². The number of anilines is 9. The number of nitrogens with two attached hydrogens (primary N) is 4. The Kier molecular flexibility index (Phi) is 36.3. The van der Waals surface area contributed by atoms with E-state index in [1.807, 2.05) is 31.5 Å². The molecule has 12 aromatic heterocycles. The smallest absolute Gasteiger partial charge is 0.413 e. The van der Waals surface area contributed by atoms with Crippen molar-refractivity contribution >= 4 is 236 Å². The van der Waals surface area contributed by atoms with Crippen LogP contribution in [0.2, 0.25) is 0 Å². The van der Waals surface area contributed by atoms with Crippen molar-refractivity contribution in [1.29, 1.82) is 0 Å². The molecule has 121 heavy (non-hydrogen) atoms. The summed E-state index contributed by atoms with van der Waals surface area (Å²) in [5.74, 6) is -2.24. The van der Waals surface area contributed by atoms with Gasteiger partial charge in [0.25, 0.3) is 0 Å².